The summed E-state index contributed by atoms with van der Waals surface area (Å²) < 4.78 is 5.35. The molecule has 0 aliphatic carbocycles. The van der Waals surface area contributed by atoms with Crippen LogP contribution in [0.25, 0.3) is 22.7 Å². The predicted octanol–water partition coefficient (Wildman–Crippen LogP) is 3.05. The van der Waals surface area contributed by atoms with Crippen LogP contribution >= 0.6 is 0 Å². The summed E-state index contributed by atoms with van der Waals surface area (Å²) in [6, 6.07) is 11.7. The van der Waals surface area contributed by atoms with Crippen LogP contribution in [0.1, 0.15) is 0 Å². The molecular formula is C16H16N4O. The second kappa shape index (κ2) is 5.28. The van der Waals surface area contributed by atoms with E-state index in [2.05, 4.69) is 9.97 Å². The van der Waals surface area contributed by atoms with Gasteiger partial charge in [0.1, 0.15) is 17.2 Å². The van der Waals surface area contributed by atoms with Crippen LogP contribution in [0.5, 0.6) is 0 Å². The Morgan fingerprint density at radius 3 is 2.48 bits per heavy atom. The van der Waals surface area contributed by atoms with Gasteiger partial charge in [0.2, 0.25) is 0 Å². The van der Waals surface area contributed by atoms with Crippen LogP contribution in [0.3, 0.4) is 0 Å². The number of aromatic nitrogens is 2. The maximum absolute atomic E-state index is 5.96. The van der Waals surface area contributed by atoms with Gasteiger partial charge in [-0.2, -0.15) is 0 Å². The molecule has 2 N–H and O–H groups in total. The molecule has 0 spiro atoms. The van der Waals surface area contributed by atoms with Gasteiger partial charge in [-0.15, -0.1) is 0 Å². The Hall–Kier alpha value is -2.82. The van der Waals surface area contributed by atoms with Crippen LogP contribution in [0.15, 0.2) is 53.3 Å². The Morgan fingerprint density at radius 2 is 1.86 bits per heavy atom. The highest BCUT2D eigenvalue weighted by Crippen LogP contribution is 2.27. The minimum Gasteiger partial charge on any atom is -0.463 e. The fourth-order valence-electron chi connectivity index (χ4n) is 2.07. The summed E-state index contributed by atoms with van der Waals surface area (Å²) in [6.07, 6.45) is 3.23. The molecule has 0 saturated heterocycles. The lowest BCUT2D eigenvalue weighted by atomic mass is 10.1. The summed E-state index contributed by atoms with van der Waals surface area (Å²) in [5, 5.41) is 0. The van der Waals surface area contributed by atoms with Crippen molar-refractivity contribution in [1.82, 2.24) is 9.97 Å². The van der Waals surface area contributed by atoms with Crippen LogP contribution in [-0.4, -0.2) is 24.1 Å². The van der Waals surface area contributed by atoms with Crippen molar-refractivity contribution in [3.63, 3.8) is 0 Å². The second-order valence-electron chi connectivity index (χ2n) is 4.91. The van der Waals surface area contributed by atoms with Gasteiger partial charge in [0.05, 0.1) is 12.5 Å². The van der Waals surface area contributed by atoms with E-state index >= 15 is 0 Å². The zero-order valence-electron chi connectivity index (χ0n) is 11.9. The molecular weight excluding hydrogens is 264 g/mol. The average Bonchev–Trinajstić information content (AvgIpc) is 3.02. The van der Waals surface area contributed by atoms with Gasteiger partial charge in [-0.3, -0.25) is 0 Å². The zero-order valence-corrected chi connectivity index (χ0v) is 11.9. The van der Waals surface area contributed by atoms with Gasteiger partial charge in [-0.25, -0.2) is 9.97 Å². The molecule has 0 saturated carbocycles. The number of hydrogen-bond donors (Lipinski definition) is 1. The van der Waals surface area contributed by atoms with Crippen molar-refractivity contribution in [3.05, 3.63) is 48.9 Å². The fraction of sp³-hybridized carbons (Fsp3) is 0.125. The van der Waals surface area contributed by atoms with E-state index in [9.17, 15) is 0 Å². The molecule has 2 heterocycles. The number of nitrogens with two attached hydrogens (primary N) is 1. The van der Waals surface area contributed by atoms with Crippen LogP contribution in [0, 0.1) is 0 Å². The van der Waals surface area contributed by atoms with E-state index in [1.54, 1.807) is 12.5 Å². The molecule has 21 heavy (non-hydrogen) atoms. The Labute approximate surface area is 123 Å². The molecule has 1 aromatic carbocycles. The quantitative estimate of drug-likeness (QED) is 0.798. The van der Waals surface area contributed by atoms with Crippen LogP contribution in [0.4, 0.5) is 11.5 Å². The molecule has 5 nitrogen and oxygen atoms in total. The van der Waals surface area contributed by atoms with Crippen molar-refractivity contribution in [1.29, 1.82) is 0 Å². The van der Waals surface area contributed by atoms with Gasteiger partial charge in [-0.05, 0) is 24.3 Å². The zero-order chi connectivity index (χ0) is 14.8. The summed E-state index contributed by atoms with van der Waals surface area (Å²) in [5.41, 5.74) is 9.33. The first-order chi connectivity index (χ1) is 10.1. The third-order valence-electron chi connectivity index (χ3n) is 3.23. The molecule has 3 aromatic rings. The maximum Gasteiger partial charge on any atom is 0.153 e. The van der Waals surface area contributed by atoms with Crippen LogP contribution in [0.2, 0.25) is 0 Å². The van der Waals surface area contributed by atoms with Gasteiger partial charge in [-0.1, -0.05) is 12.1 Å². The third-order valence-corrected chi connectivity index (χ3v) is 3.23. The van der Waals surface area contributed by atoms with Crippen molar-refractivity contribution < 1.29 is 4.42 Å². The minimum atomic E-state index is 0.405. The minimum absolute atomic E-state index is 0.405. The van der Waals surface area contributed by atoms with E-state index in [4.69, 9.17) is 10.2 Å². The maximum atomic E-state index is 5.96. The van der Waals surface area contributed by atoms with Crippen molar-refractivity contribution in [2.75, 3.05) is 24.7 Å². The number of hydrogen-bond acceptors (Lipinski definition) is 5. The van der Waals surface area contributed by atoms with E-state index in [0.717, 1.165) is 11.3 Å². The molecule has 0 fully saturated rings. The Kier molecular flexibility index (Phi) is 3.31. The lowest BCUT2D eigenvalue weighted by molar-refractivity contribution is 0.580. The van der Waals surface area contributed by atoms with E-state index in [1.165, 1.54) is 0 Å². The topological polar surface area (TPSA) is 68.2 Å². The molecule has 0 aliphatic rings. The first-order valence-electron chi connectivity index (χ1n) is 6.59. The molecule has 0 radical (unpaired) electrons. The summed E-state index contributed by atoms with van der Waals surface area (Å²) in [5.74, 6) is 1.08. The van der Waals surface area contributed by atoms with Crippen LogP contribution in [-0.2, 0) is 0 Å². The SMILES string of the molecule is CN(C)c1ccc(-c2nc(-c3ccco3)cnc2N)cc1. The molecule has 0 bridgehead atoms. The van der Waals surface area contributed by atoms with Crippen molar-refractivity contribution in [2.45, 2.75) is 0 Å². The Balaban J connectivity index is 2.03. The number of nitrogens with zero attached hydrogens (tertiary/aromatic N) is 3. The summed E-state index contributed by atoms with van der Waals surface area (Å²) in [7, 11) is 4.00. The van der Waals surface area contributed by atoms with E-state index < -0.39 is 0 Å². The molecule has 0 amide bonds. The molecule has 2 aromatic heterocycles. The predicted molar refractivity (Wildman–Crippen MR) is 83.9 cm³/mol. The smallest absolute Gasteiger partial charge is 0.153 e. The lowest BCUT2D eigenvalue weighted by Crippen LogP contribution is -2.08. The molecule has 0 atom stereocenters. The summed E-state index contributed by atoms with van der Waals surface area (Å²) >= 11 is 0. The van der Waals surface area contributed by atoms with Gasteiger partial charge in [0.25, 0.3) is 0 Å². The number of benzene rings is 1. The van der Waals surface area contributed by atoms with Crippen molar-refractivity contribution >= 4 is 11.5 Å². The normalized spacial score (nSPS) is 10.6. The number of rotatable bonds is 3. The molecule has 0 unspecified atom stereocenters. The first-order valence-corrected chi connectivity index (χ1v) is 6.59. The summed E-state index contributed by atoms with van der Waals surface area (Å²) in [4.78, 5) is 10.8. The second-order valence-corrected chi connectivity index (χ2v) is 4.91. The highest BCUT2D eigenvalue weighted by Gasteiger charge is 2.10. The standard InChI is InChI=1S/C16H16N4O/c1-20(2)12-7-5-11(6-8-12)15-16(17)18-10-13(19-15)14-4-3-9-21-14/h3-10H,1-2H3,(H2,17,18). The van der Waals surface area contributed by atoms with E-state index in [0.29, 0.717) is 23.0 Å². The van der Waals surface area contributed by atoms with Crippen molar-refractivity contribution in [2.24, 2.45) is 0 Å². The first kappa shape index (κ1) is 13.2. The largest absolute Gasteiger partial charge is 0.463 e. The Morgan fingerprint density at radius 1 is 1.10 bits per heavy atom. The molecule has 5 heteroatoms. The lowest BCUT2D eigenvalue weighted by Gasteiger charge is -2.13. The fourth-order valence-corrected chi connectivity index (χ4v) is 2.07. The molecule has 106 valence electrons. The van der Waals surface area contributed by atoms with Gasteiger partial charge < -0.3 is 15.1 Å². The number of nitrogen functional groups attached to an aromatic ring is 1. The van der Waals surface area contributed by atoms with E-state index in [-0.39, 0.29) is 0 Å². The monoisotopic (exact) mass is 280 g/mol. The molecule has 3 rings (SSSR count). The third kappa shape index (κ3) is 2.58. The number of furan rings is 1. The highest BCUT2D eigenvalue weighted by atomic mass is 16.3. The van der Waals surface area contributed by atoms with Crippen molar-refractivity contribution in [3.8, 4) is 22.7 Å². The molecule has 0 aliphatic heterocycles. The van der Waals surface area contributed by atoms with Gasteiger partial charge in [0, 0.05) is 25.3 Å². The van der Waals surface area contributed by atoms with Crippen LogP contribution < -0.4 is 10.6 Å². The van der Waals surface area contributed by atoms with Gasteiger partial charge >= 0.3 is 0 Å². The average molecular weight is 280 g/mol. The van der Waals surface area contributed by atoms with E-state index in [1.807, 2.05) is 55.4 Å². The van der Waals surface area contributed by atoms with Gasteiger partial charge in [0.15, 0.2) is 5.76 Å². The summed E-state index contributed by atoms with van der Waals surface area (Å²) in [6.45, 7) is 0. The highest BCUT2D eigenvalue weighted by molar-refractivity contribution is 5.73. The number of anilines is 2. The Bertz CT molecular complexity index is 733.